The Kier molecular flexibility index (Phi) is 7.21. The molecule has 4 aromatic rings. The van der Waals surface area contributed by atoms with Crippen LogP contribution in [0.1, 0.15) is 37.0 Å². The Morgan fingerprint density at radius 3 is 2.77 bits per heavy atom. The van der Waals surface area contributed by atoms with Gasteiger partial charge in [0.05, 0.1) is 44.0 Å². The number of carbonyl (C=O) groups excluding carboxylic acids is 1. The SMILES string of the molecule is COc1cc(-c2[nH]c3ccc(C4CN(C(=O)CN5CCS(O)(O)CC5)CCO4)cc3c2C(C)C)cn2ncnc12. The monoisotopic (exact) mass is 568 g/mol. The number of pyridine rings is 1. The maximum atomic E-state index is 13.1. The molecule has 1 aromatic carbocycles. The fourth-order valence-electron chi connectivity index (χ4n) is 5.73. The van der Waals surface area contributed by atoms with Crippen molar-refractivity contribution in [2.45, 2.75) is 25.9 Å². The van der Waals surface area contributed by atoms with Crippen LogP contribution in [0.25, 0.3) is 27.8 Å². The maximum absolute atomic E-state index is 13.1. The highest BCUT2D eigenvalue weighted by atomic mass is 32.3. The molecule has 2 aliphatic heterocycles. The second kappa shape index (κ2) is 10.7. The van der Waals surface area contributed by atoms with Crippen molar-refractivity contribution in [1.82, 2.24) is 29.4 Å². The number of hydrogen-bond donors (Lipinski definition) is 3. The highest BCUT2D eigenvalue weighted by molar-refractivity contribution is 8.24. The Morgan fingerprint density at radius 1 is 1.23 bits per heavy atom. The number of amides is 1. The van der Waals surface area contributed by atoms with Crippen LogP contribution >= 0.6 is 10.6 Å². The molecule has 0 spiro atoms. The van der Waals surface area contributed by atoms with Crippen molar-refractivity contribution in [3.63, 3.8) is 0 Å². The van der Waals surface area contributed by atoms with E-state index in [-0.39, 0.29) is 17.9 Å². The van der Waals surface area contributed by atoms with Gasteiger partial charge < -0.3 is 19.4 Å². The molecule has 11 nitrogen and oxygen atoms in total. The van der Waals surface area contributed by atoms with E-state index in [0.717, 1.165) is 27.7 Å². The van der Waals surface area contributed by atoms with Crippen LogP contribution in [0.5, 0.6) is 5.75 Å². The minimum absolute atomic E-state index is 0.0528. The van der Waals surface area contributed by atoms with Gasteiger partial charge in [0.1, 0.15) is 12.4 Å². The number of nitrogens with one attached hydrogen (secondary N) is 1. The summed E-state index contributed by atoms with van der Waals surface area (Å²) in [6, 6.07) is 8.33. The lowest BCUT2D eigenvalue weighted by Crippen LogP contribution is -2.49. The molecule has 6 rings (SSSR count). The lowest BCUT2D eigenvalue weighted by Gasteiger charge is -2.41. The molecule has 3 N–H and O–H groups in total. The molecule has 1 amide bonds. The van der Waals surface area contributed by atoms with Crippen molar-refractivity contribution in [3.05, 3.63) is 47.9 Å². The van der Waals surface area contributed by atoms with Crippen molar-refractivity contribution in [1.29, 1.82) is 0 Å². The Hall–Kier alpha value is -3.16. The second-order valence-electron chi connectivity index (χ2n) is 10.9. The van der Waals surface area contributed by atoms with Crippen LogP contribution in [-0.2, 0) is 9.53 Å². The third-order valence-corrected chi connectivity index (χ3v) is 9.58. The van der Waals surface area contributed by atoms with Crippen molar-refractivity contribution < 1.29 is 23.4 Å². The van der Waals surface area contributed by atoms with Gasteiger partial charge in [0.2, 0.25) is 5.91 Å². The molecule has 3 aromatic heterocycles. The first-order valence-electron chi connectivity index (χ1n) is 13.6. The summed E-state index contributed by atoms with van der Waals surface area (Å²) in [6.07, 6.45) is 3.25. The summed E-state index contributed by atoms with van der Waals surface area (Å²) < 4.78 is 33.2. The average Bonchev–Trinajstić information content (AvgIpc) is 3.58. The van der Waals surface area contributed by atoms with E-state index >= 15 is 0 Å². The van der Waals surface area contributed by atoms with Crippen LogP contribution in [0.2, 0.25) is 0 Å². The van der Waals surface area contributed by atoms with Gasteiger partial charge in [0.25, 0.3) is 0 Å². The largest absolute Gasteiger partial charge is 0.493 e. The van der Waals surface area contributed by atoms with E-state index in [1.165, 1.54) is 11.9 Å². The van der Waals surface area contributed by atoms with Crippen molar-refractivity contribution >= 4 is 33.0 Å². The Labute approximate surface area is 234 Å². The number of aromatic nitrogens is 4. The van der Waals surface area contributed by atoms with Gasteiger partial charge in [0.15, 0.2) is 11.4 Å². The van der Waals surface area contributed by atoms with Gasteiger partial charge in [-0.05, 0) is 35.2 Å². The number of rotatable bonds is 6. The van der Waals surface area contributed by atoms with E-state index in [4.69, 9.17) is 9.47 Å². The molecule has 40 heavy (non-hydrogen) atoms. The van der Waals surface area contributed by atoms with Crippen LogP contribution in [-0.4, -0.2) is 102 Å². The summed E-state index contributed by atoms with van der Waals surface area (Å²) in [7, 11) is -0.844. The molecule has 0 bridgehead atoms. The summed E-state index contributed by atoms with van der Waals surface area (Å²) in [5, 5.41) is 5.44. The van der Waals surface area contributed by atoms with Gasteiger partial charge in [-0.3, -0.25) is 18.8 Å². The number of hydrogen-bond acceptors (Lipinski definition) is 8. The molecule has 214 valence electrons. The lowest BCUT2D eigenvalue weighted by molar-refractivity contribution is -0.140. The molecule has 0 aliphatic carbocycles. The number of morpholine rings is 1. The standard InChI is InChI=1S/C28H36N6O5S/c1-18(2)26-21-12-19(24-15-33(6-9-39-24)25(35)16-32-7-10-40(36,37)11-8-32)4-5-22(21)31-27(26)20-13-23(38-3)28-29-17-30-34(28)14-20/h4-5,12-14,17-18,24,31,36-37H,6-11,15-16H2,1-3H3. The third kappa shape index (κ3) is 5.17. The topological polar surface area (TPSA) is 128 Å². The Bertz CT molecular complexity index is 1540. The normalized spacial score (nSPS) is 20.9. The molecule has 1 unspecified atom stereocenters. The first-order chi connectivity index (χ1) is 19.2. The molecule has 2 saturated heterocycles. The van der Waals surface area contributed by atoms with Gasteiger partial charge in [-0.1, -0.05) is 19.9 Å². The molecule has 2 aliphatic rings. The zero-order chi connectivity index (χ0) is 28.0. The zero-order valence-corrected chi connectivity index (χ0v) is 23.9. The van der Waals surface area contributed by atoms with Gasteiger partial charge >= 0.3 is 0 Å². The number of benzene rings is 1. The first-order valence-corrected chi connectivity index (χ1v) is 15.5. The van der Waals surface area contributed by atoms with Crippen molar-refractivity contribution in [3.8, 4) is 17.0 Å². The Morgan fingerprint density at radius 2 is 2.02 bits per heavy atom. The van der Waals surface area contributed by atoms with E-state index in [2.05, 4.69) is 47.1 Å². The van der Waals surface area contributed by atoms with Gasteiger partial charge in [0, 0.05) is 42.3 Å². The number of fused-ring (bicyclic) bond motifs is 2. The molecule has 0 saturated carbocycles. The first kappa shape index (κ1) is 27.0. The van der Waals surface area contributed by atoms with Crippen LogP contribution in [0.4, 0.5) is 0 Å². The Balaban J connectivity index is 1.26. The highest BCUT2D eigenvalue weighted by Gasteiger charge is 2.29. The summed E-state index contributed by atoms with van der Waals surface area (Å²) in [5.74, 6) is 1.62. The van der Waals surface area contributed by atoms with E-state index in [0.29, 0.717) is 62.2 Å². The molecule has 5 heterocycles. The summed E-state index contributed by atoms with van der Waals surface area (Å²) in [4.78, 5) is 24.9. The number of H-pyrrole nitrogens is 1. The number of ether oxygens (including phenoxy) is 2. The fraction of sp³-hybridized carbons (Fsp3) is 0.464. The second-order valence-corrected chi connectivity index (χ2v) is 13.3. The van der Waals surface area contributed by atoms with Crippen molar-refractivity contribution in [2.24, 2.45) is 0 Å². The van der Waals surface area contributed by atoms with Crippen LogP contribution in [0.15, 0.2) is 36.8 Å². The molecule has 12 heteroatoms. The summed E-state index contributed by atoms with van der Waals surface area (Å²) >= 11 is 0. The van der Waals surface area contributed by atoms with Crippen LogP contribution in [0.3, 0.4) is 0 Å². The summed E-state index contributed by atoms with van der Waals surface area (Å²) in [5.41, 5.74) is 5.89. The quantitative estimate of drug-likeness (QED) is 0.319. The molecular formula is C28H36N6O5S. The van der Waals surface area contributed by atoms with Gasteiger partial charge in [-0.2, -0.15) is 15.7 Å². The highest BCUT2D eigenvalue weighted by Crippen LogP contribution is 2.41. The van der Waals surface area contributed by atoms with Gasteiger partial charge in [-0.25, -0.2) is 9.50 Å². The average molecular weight is 569 g/mol. The third-order valence-electron chi connectivity index (χ3n) is 7.91. The molecule has 0 radical (unpaired) electrons. The smallest absolute Gasteiger partial charge is 0.236 e. The number of methoxy groups -OCH3 is 1. The maximum Gasteiger partial charge on any atom is 0.236 e. The predicted molar refractivity (Wildman–Crippen MR) is 155 cm³/mol. The minimum atomic E-state index is -2.48. The molecular weight excluding hydrogens is 532 g/mol. The molecule has 1 atom stereocenters. The van der Waals surface area contributed by atoms with Gasteiger partial charge in [-0.15, -0.1) is 0 Å². The van der Waals surface area contributed by atoms with Crippen molar-refractivity contribution in [2.75, 3.05) is 57.9 Å². The predicted octanol–water partition coefficient (Wildman–Crippen LogP) is 3.98. The van der Waals surface area contributed by atoms with Crippen LogP contribution in [0, 0.1) is 0 Å². The number of carbonyl (C=O) groups is 1. The number of nitrogens with zero attached hydrogens (tertiary/aromatic N) is 5. The summed E-state index contributed by atoms with van der Waals surface area (Å²) in [6.45, 7) is 7.23. The zero-order valence-electron chi connectivity index (χ0n) is 23.0. The minimum Gasteiger partial charge on any atom is -0.493 e. The molecule has 2 fully saturated rings. The van der Waals surface area contributed by atoms with E-state index < -0.39 is 10.6 Å². The van der Waals surface area contributed by atoms with E-state index in [9.17, 15) is 13.9 Å². The number of aromatic amines is 1. The lowest BCUT2D eigenvalue weighted by atomic mass is 9.95. The van der Waals surface area contributed by atoms with E-state index in [1.54, 1.807) is 11.6 Å². The fourth-order valence-corrected chi connectivity index (χ4v) is 7.04. The van der Waals surface area contributed by atoms with E-state index in [1.807, 2.05) is 22.1 Å². The van der Waals surface area contributed by atoms with Crippen LogP contribution < -0.4 is 4.74 Å².